The zero-order valence-electron chi connectivity index (χ0n) is 26.3. The minimum atomic E-state index is -0.529. The third-order valence-electron chi connectivity index (χ3n) is 8.16. The van der Waals surface area contributed by atoms with Crippen LogP contribution in [0.4, 0.5) is 0 Å². The second-order valence-electron chi connectivity index (χ2n) is 11.7. The number of hydrogen-bond donors (Lipinski definition) is 2. The van der Waals surface area contributed by atoms with Gasteiger partial charge >= 0.3 is 5.97 Å². The lowest BCUT2D eigenvalue weighted by Gasteiger charge is -2.32. The van der Waals surface area contributed by atoms with E-state index in [1.807, 2.05) is 44.2 Å². The molecule has 45 heavy (non-hydrogen) atoms. The molecule has 240 valence electrons. The normalized spacial score (nSPS) is 14.6. The predicted molar refractivity (Wildman–Crippen MR) is 168 cm³/mol. The number of ether oxygens (including phenoxy) is 1. The summed E-state index contributed by atoms with van der Waals surface area (Å²) in [4.78, 5) is 56.4. The van der Waals surface area contributed by atoms with Crippen molar-refractivity contribution in [1.82, 2.24) is 15.7 Å². The van der Waals surface area contributed by atoms with Crippen LogP contribution >= 0.6 is 0 Å². The van der Waals surface area contributed by atoms with Crippen molar-refractivity contribution < 1.29 is 33.2 Å². The van der Waals surface area contributed by atoms with Gasteiger partial charge in [-0.1, -0.05) is 75.6 Å². The Balaban J connectivity index is 1.33. The molecule has 1 aromatic heterocycles. The van der Waals surface area contributed by atoms with E-state index in [2.05, 4.69) is 17.6 Å². The molecule has 2 atom stereocenters. The molecule has 10 nitrogen and oxygen atoms in total. The van der Waals surface area contributed by atoms with Crippen molar-refractivity contribution in [3.8, 4) is 17.1 Å². The SMILES string of the molecule is CCCCC[C@@H](C(=O)NCNC(=O)c1ccc(-c2cccc(OC(=O)C3(C)CC3)c2)o1)[C@@H](CC)N(C=O)OCc1ccccc1. The van der Waals surface area contributed by atoms with E-state index < -0.39 is 23.3 Å². The zero-order valence-corrected chi connectivity index (χ0v) is 26.3. The average Bonchev–Trinajstić information content (AvgIpc) is 3.61. The van der Waals surface area contributed by atoms with Crippen LogP contribution in [0, 0.1) is 11.3 Å². The number of furan rings is 1. The fraction of sp³-hybridized carbons (Fsp3) is 0.429. The number of carbonyl (C=O) groups is 4. The van der Waals surface area contributed by atoms with Crippen LogP contribution in [0.2, 0.25) is 0 Å². The number of nitrogens with one attached hydrogen (secondary N) is 2. The van der Waals surface area contributed by atoms with Crippen molar-refractivity contribution in [2.24, 2.45) is 11.3 Å². The van der Waals surface area contributed by atoms with Gasteiger partial charge in [-0.15, -0.1) is 0 Å². The molecule has 10 heteroatoms. The topological polar surface area (TPSA) is 127 Å². The van der Waals surface area contributed by atoms with Crippen molar-refractivity contribution >= 4 is 24.2 Å². The Morgan fingerprint density at radius 3 is 2.47 bits per heavy atom. The number of amides is 3. The average molecular weight is 618 g/mol. The number of hydroxylamine groups is 2. The van der Waals surface area contributed by atoms with E-state index >= 15 is 0 Å². The van der Waals surface area contributed by atoms with E-state index in [1.165, 1.54) is 5.06 Å². The summed E-state index contributed by atoms with van der Waals surface area (Å²) < 4.78 is 11.3. The van der Waals surface area contributed by atoms with Crippen molar-refractivity contribution in [3.05, 3.63) is 78.1 Å². The van der Waals surface area contributed by atoms with Gasteiger partial charge in [0.05, 0.1) is 24.0 Å². The number of unbranched alkanes of at least 4 members (excludes halogenated alkanes) is 2. The number of benzene rings is 2. The first-order valence-corrected chi connectivity index (χ1v) is 15.7. The summed E-state index contributed by atoms with van der Waals surface area (Å²) >= 11 is 0. The Labute approximate surface area is 264 Å². The smallest absolute Gasteiger partial charge is 0.317 e. The van der Waals surface area contributed by atoms with E-state index in [-0.39, 0.29) is 30.9 Å². The highest BCUT2D eigenvalue weighted by molar-refractivity contribution is 5.92. The molecule has 3 amide bonds. The zero-order chi connectivity index (χ0) is 32.2. The van der Waals surface area contributed by atoms with E-state index in [0.29, 0.717) is 36.3 Å². The number of esters is 1. The first kappa shape index (κ1) is 33.5. The molecule has 1 aliphatic rings. The molecular weight excluding hydrogens is 574 g/mol. The monoisotopic (exact) mass is 617 g/mol. The maximum absolute atomic E-state index is 13.4. The Kier molecular flexibility index (Phi) is 11.9. The lowest BCUT2D eigenvalue weighted by Crippen LogP contribution is -2.48. The number of carbonyl (C=O) groups excluding carboxylic acids is 4. The van der Waals surface area contributed by atoms with E-state index in [4.69, 9.17) is 14.0 Å². The molecule has 0 unspecified atom stereocenters. The Hall–Kier alpha value is -4.44. The Morgan fingerprint density at radius 1 is 1.00 bits per heavy atom. The molecule has 4 rings (SSSR count). The van der Waals surface area contributed by atoms with Crippen LogP contribution < -0.4 is 15.4 Å². The lowest BCUT2D eigenvalue weighted by atomic mass is 9.90. The van der Waals surface area contributed by atoms with Gasteiger partial charge in [-0.3, -0.25) is 24.0 Å². The molecule has 1 heterocycles. The fourth-order valence-corrected chi connectivity index (χ4v) is 5.06. The second-order valence-corrected chi connectivity index (χ2v) is 11.7. The van der Waals surface area contributed by atoms with Crippen LogP contribution in [0.25, 0.3) is 11.3 Å². The summed E-state index contributed by atoms with van der Waals surface area (Å²) in [6.07, 6.45) is 6.11. The van der Waals surface area contributed by atoms with Gasteiger partial charge in [0, 0.05) is 5.56 Å². The minimum Gasteiger partial charge on any atom is -0.451 e. The molecule has 2 aromatic carbocycles. The summed E-state index contributed by atoms with van der Waals surface area (Å²) in [6.45, 7) is 5.97. The Bertz CT molecular complexity index is 1430. The molecule has 0 radical (unpaired) electrons. The number of rotatable bonds is 18. The third-order valence-corrected chi connectivity index (χ3v) is 8.16. The molecule has 2 N–H and O–H groups in total. The maximum Gasteiger partial charge on any atom is 0.317 e. The quantitative estimate of drug-likeness (QED) is 0.0446. The van der Waals surface area contributed by atoms with Crippen LogP contribution in [0.1, 0.15) is 81.8 Å². The van der Waals surface area contributed by atoms with Gasteiger partial charge in [-0.2, -0.15) is 0 Å². The summed E-state index contributed by atoms with van der Waals surface area (Å²) in [5.74, 6) is -0.643. The first-order chi connectivity index (χ1) is 21.8. The maximum atomic E-state index is 13.4. The highest BCUT2D eigenvalue weighted by atomic mass is 16.7. The summed E-state index contributed by atoms with van der Waals surface area (Å²) in [5.41, 5.74) is 1.16. The number of hydrogen-bond acceptors (Lipinski definition) is 7. The van der Waals surface area contributed by atoms with Crippen LogP contribution in [0.15, 0.2) is 71.1 Å². The molecule has 3 aromatic rings. The van der Waals surface area contributed by atoms with Gasteiger partial charge in [-0.25, -0.2) is 5.06 Å². The fourth-order valence-electron chi connectivity index (χ4n) is 5.06. The second kappa shape index (κ2) is 16.0. The molecule has 0 spiro atoms. The largest absolute Gasteiger partial charge is 0.451 e. The molecule has 1 aliphatic carbocycles. The minimum absolute atomic E-state index is 0.0690. The molecule has 0 saturated heterocycles. The van der Waals surface area contributed by atoms with Gasteiger partial charge in [0.25, 0.3) is 5.91 Å². The van der Waals surface area contributed by atoms with Crippen molar-refractivity contribution in [1.29, 1.82) is 0 Å². The van der Waals surface area contributed by atoms with Crippen LogP contribution in [0.5, 0.6) is 5.75 Å². The molecular formula is C35H43N3O7. The van der Waals surface area contributed by atoms with Crippen molar-refractivity contribution in [2.45, 2.75) is 78.4 Å². The molecule has 1 saturated carbocycles. The molecule has 1 fully saturated rings. The summed E-state index contributed by atoms with van der Waals surface area (Å²) in [5, 5.41) is 6.72. The predicted octanol–water partition coefficient (Wildman–Crippen LogP) is 6.02. The van der Waals surface area contributed by atoms with Gasteiger partial charge < -0.3 is 19.8 Å². The highest BCUT2D eigenvalue weighted by Crippen LogP contribution is 2.46. The molecule has 0 bridgehead atoms. The lowest BCUT2D eigenvalue weighted by molar-refractivity contribution is -0.200. The summed E-state index contributed by atoms with van der Waals surface area (Å²) in [6, 6.07) is 19.2. The Morgan fingerprint density at radius 2 is 1.78 bits per heavy atom. The first-order valence-electron chi connectivity index (χ1n) is 15.7. The molecule has 0 aliphatic heterocycles. The highest BCUT2D eigenvalue weighted by Gasteiger charge is 2.46. The van der Waals surface area contributed by atoms with Gasteiger partial charge in [0.2, 0.25) is 12.3 Å². The number of nitrogens with zero attached hydrogens (tertiary/aromatic N) is 1. The van der Waals surface area contributed by atoms with E-state index in [9.17, 15) is 19.2 Å². The standard InChI is InChI=1S/C35H43N3O7/c1-4-6-8-16-28(29(5-2)38(24-39)43-22-25-12-9-7-10-13-25)32(40)36-23-37-33(41)31-18-17-30(45-31)26-14-11-15-27(21-26)44-34(42)35(3)19-20-35/h7,9-15,17-18,21,24,28-29H,4-6,8,16,19-20,22-23H2,1-3H3,(H,36,40)(H,37,41)/t28-,29-/m1/s1. The van der Waals surface area contributed by atoms with Crippen molar-refractivity contribution in [2.75, 3.05) is 6.67 Å². The van der Waals surface area contributed by atoms with E-state index in [1.54, 1.807) is 36.4 Å². The summed E-state index contributed by atoms with van der Waals surface area (Å²) in [7, 11) is 0. The van der Waals surface area contributed by atoms with Gasteiger partial charge in [-0.05, 0) is 62.4 Å². The van der Waals surface area contributed by atoms with Crippen LogP contribution in [-0.4, -0.2) is 42.0 Å². The van der Waals surface area contributed by atoms with E-state index in [0.717, 1.165) is 37.7 Å². The van der Waals surface area contributed by atoms with Crippen molar-refractivity contribution in [3.63, 3.8) is 0 Å². The van der Waals surface area contributed by atoms with Gasteiger partial charge in [0.1, 0.15) is 18.1 Å². The third kappa shape index (κ3) is 9.28. The van der Waals surface area contributed by atoms with Crippen LogP contribution in [0.3, 0.4) is 0 Å². The van der Waals surface area contributed by atoms with Gasteiger partial charge in [0.15, 0.2) is 5.76 Å². The van der Waals surface area contributed by atoms with Crippen LogP contribution in [-0.2, 0) is 25.8 Å².